The lowest BCUT2D eigenvalue weighted by molar-refractivity contribution is -0.130. The van der Waals surface area contributed by atoms with Crippen molar-refractivity contribution < 1.29 is 14.3 Å². The molecule has 0 bridgehead atoms. The zero-order chi connectivity index (χ0) is 14.0. The number of hydrogen-bond acceptors (Lipinski definition) is 4. The van der Waals surface area contributed by atoms with Crippen LogP contribution in [0.15, 0.2) is 18.2 Å². The Hall–Kier alpha value is -1.75. The predicted octanol–water partition coefficient (Wildman–Crippen LogP) is 1.54. The Kier molecular flexibility index (Phi) is 3.95. The fourth-order valence-corrected chi connectivity index (χ4v) is 2.11. The van der Waals surface area contributed by atoms with Crippen molar-refractivity contribution in [2.75, 3.05) is 20.9 Å². The molecule has 1 aromatic carbocycles. The van der Waals surface area contributed by atoms with Gasteiger partial charge in [0.2, 0.25) is 12.7 Å². The van der Waals surface area contributed by atoms with E-state index in [-0.39, 0.29) is 24.8 Å². The first-order valence-electron chi connectivity index (χ1n) is 6.36. The van der Waals surface area contributed by atoms with E-state index in [1.165, 1.54) is 0 Å². The molecular weight excluding hydrogens is 244 g/mol. The van der Waals surface area contributed by atoms with Crippen molar-refractivity contribution in [3.8, 4) is 11.5 Å². The van der Waals surface area contributed by atoms with Gasteiger partial charge in [-0.15, -0.1) is 0 Å². The fraction of sp³-hybridized carbons (Fsp3) is 0.500. The molecule has 2 rings (SSSR count). The van der Waals surface area contributed by atoms with Crippen molar-refractivity contribution >= 4 is 5.91 Å². The lowest BCUT2D eigenvalue weighted by Gasteiger charge is -2.22. The fourth-order valence-electron chi connectivity index (χ4n) is 2.11. The highest BCUT2D eigenvalue weighted by atomic mass is 16.7. The zero-order valence-electron chi connectivity index (χ0n) is 11.8. The first-order valence-corrected chi connectivity index (χ1v) is 6.36. The number of amides is 1. The van der Waals surface area contributed by atoms with E-state index in [0.717, 1.165) is 17.1 Å². The maximum atomic E-state index is 11.8. The van der Waals surface area contributed by atoms with E-state index in [9.17, 15) is 4.79 Å². The number of hydrogen-bond donors (Lipinski definition) is 1. The van der Waals surface area contributed by atoms with Crippen LogP contribution in [0.2, 0.25) is 0 Å². The van der Waals surface area contributed by atoms with Gasteiger partial charge in [0.25, 0.3) is 0 Å². The van der Waals surface area contributed by atoms with E-state index in [0.29, 0.717) is 0 Å². The standard InChI is InChI=1S/C14H20N2O3/c1-9(15-10(2)14(17)16(3)4)11-5-6-12-13(7-11)19-8-18-12/h5-7,9-10,15H,8H2,1-4H3. The van der Waals surface area contributed by atoms with E-state index in [1.807, 2.05) is 32.0 Å². The molecule has 0 saturated carbocycles. The maximum absolute atomic E-state index is 11.8. The molecule has 5 heteroatoms. The Labute approximate surface area is 113 Å². The summed E-state index contributed by atoms with van der Waals surface area (Å²) in [4.78, 5) is 13.4. The number of ether oxygens (including phenoxy) is 2. The highest BCUT2D eigenvalue weighted by molar-refractivity contribution is 5.80. The Morgan fingerprint density at radius 2 is 1.95 bits per heavy atom. The first-order chi connectivity index (χ1) is 8.99. The van der Waals surface area contributed by atoms with E-state index in [4.69, 9.17) is 9.47 Å². The molecule has 0 aromatic heterocycles. The minimum absolute atomic E-state index is 0.0626. The van der Waals surface area contributed by atoms with Gasteiger partial charge in [-0.25, -0.2) is 0 Å². The second-order valence-electron chi connectivity index (χ2n) is 4.96. The summed E-state index contributed by atoms with van der Waals surface area (Å²) in [5.41, 5.74) is 1.07. The Morgan fingerprint density at radius 3 is 2.63 bits per heavy atom. The lowest BCUT2D eigenvalue weighted by atomic mass is 10.1. The molecule has 2 atom stereocenters. The van der Waals surface area contributed by atoms with Gasteiger partial charge in [0.1, 0.15) is 0 Å². The second kappa shape index (κ2) is 5.48. The summed E-state index contributed by atoms with van der Waals surface area (Å²) in [7, 11) is 3.51. The average Bonchev–Trinajstić information content (AvgIpc) is 2.84. The third-order valence-electron chi connectivity index (χ3n) is 3.21. The van der Waals surface area contributed by atoms with E-state index in [1.54, 1.807) is 19.0 Å². The van der Waals surface area contributed by atoms with Crippen LogP contribution in [0.1, 0.15) is 25.5 Å². The zero-order valence-corrected chi connectivity index (χ0v) is 11.8. The van der Waals surface area contributed by atoms with Gasteiger partial charge < -0.3 is 14.4 Å². The Bertz CT molecular complexity index is 474. The molecule has 1 heterocycles. The minimum Gasteiger partial charge on any atom is -0.454 e. The molecule has 0 spiro atoms. The minimum atomic E-state index is -0.226. The topological polar surface area (TPSA) is 50.8 Å². The van der Waals surface area contributed by atoms with Crippen molar-refractivity contribution in [3.63, 3.8) is 0 Å². The van der Waals surface area contributed by atoms with Crippen molar-refractivity contribution in [3.05, 3.63) is 23.8 Å². The third-order valence-corrected chi connectivity index (χ3v) is 3.21. The molecule has 1 aromatic rings. The van der Waals surface area contributed by atoms with Crippen LogP contribution in [0.25, 0.3) is 0 Å². The molecule has 5 nitrogen and oxygen atoms in total. The molecule has 0 radical (unpaired) electrons. The lowest BCUT2D eigenvalue weighted by Crippen LogP contribution is -2.42. The number of fused-ring (bicyclic) bond motifs is 1. The Morgan fingerprint density at radius 1 is 1.26 bits per heavy atom. The summed E-state index contributed by atoms with van der Waals surface area (Å²) < 4.78 is 10.6. The van der Waals surface area contributed by atoms with E-state index in [2.05, 4.69) is 5.32 Å². The third kappa shape index (κ3) is 2.98. The summed E-state index contributed by atoms with van der Waals surface area (Å²) >= 11 is 0. The molecule has 19 heavy (non-hydrogen) atoms. The van der Waals surface area contributed by atoms with E-state index >= 15 is 0 Å². The van der Waals surface area contributed by atoms with Crippen molar-refractivity contribution in [2.45, 2.75) is 25.9 Å². The molecule has 1 N–H and O–H groups in total. The van der Waals surface area contributed by atoms with Crippen molar-refractivity contribution in [2.24, 2.45) is 0 Å². The molecule has 1 amide bonds. The number of carbonyl (C=O) groups is 1. The molecule has 1 aliphatic rings. The maximum Gasteiger partial charge on any atom is 0.238 e. The quantitative estimate of drug-likeness (QED) is 0.896. The summed E-state index contributed by atoms with van der Waals surface area (Å²) in [6.07, 6.45) is 0. The van der Waals surface area contributed by atoms with Gasteiger partial charge in [0.15, 0.2) is 11.5 Å². The molecule has 0 saturated heterocycles. The SMILES string of the molecule is CC(NC(C)c1ccc2c(c1)OCO2)C(=O)N(C)C. The molecule has 0 aliphatic carbocycles. The van der Waals surface area contributed by atoms with Crippen LogP contribution < -0.4 is 14.8 Å². The average molecular weight is 264 g/mol. The van der Waals surface area contributed by atoms with Gasteiger partial charge in [0.05, 0.1) is 6.04 Å². The summed E-state index contributed by atoms with van der Waals surface area (Å²) in [6, 6.07) is 5.67. The number of likely N-dealkylation sites (N-methyl/N-ethyl adjacent to an activating group) is 1. The second-order valence-corrected chi connectivity index (χ2v) is 4.96. The van der Waals surface area contributed by atoms with Gasteiger partial charge in [0, 0.05) is 20.1 Å². The Balaban J connectivity index is 2.04. The predicted molar refractivity (Wildman–Crippen MR) is 72.3 cm³/mol. The first kappa shape index (κ1) is 13.7. The largest absolute Gasteiger partial charge is 0.454 e. The number of carbonyl (C=O) groups excluding carboxylic acids is 1. The molecule has 2 unspecified atom stereocenters. The summed E-state index contributed by atoms with van der Waals surface area (Å²) in [5, 5.41) is 3.28. The van der Waals surface area contributed by atoms with Crippen molar-refractivity contribution in [1.29, 1.82) is 0 Å². The number of nitrogens with one attached hydrogen (secondary N) is 1. The molecular formula is C14H20N2O3. The molecule has 104 valence electrons. The summed E-state index contributed by atoms with van der Waals surface area (Å²) in [6.45, 7) is 4.17. The van der Waals surface area contributed by atoms with Crippen LogP contribution in [0.5, 0.6) is 11.5 Å². The van der Waals surface area contributed by atoms with Crippen LogP contribution in [-0.4, -0.2) is 37.7 Å². The number of nitrogens with zero attached hydrogens (tertiary/aromatic N) is 1. The van der Waals surface area contributed by atoms with Gasteiger partial charge >= 0.3 is 0 Å². The molecule has 1 aliphatic heterocycles. The van der Waals surface area contributed by atoms with Crippen LogP contribution >= 0.6 is 0 Å². The number of benzene rings is 1. The van der Waals surface area contributed by atoms with Gasteiger partial charge in [-0.3, -0.25) is 10.1 Å². The summed E-state index contributed by atoms with van der Waals surface area (Å²) in [5.74, 6) is 1.60. The van der Waals surface area contributed by atoms with Crippen LogP contribution in [-0.2, 0) is 4.79 Å². The van der Waals surface area contributed by atoms with Gasteiger partial charge in [-0.05, 0) is 31.5 Å². The molecule has 0 fully saturated rings. The van der Waals surface area contributed by atoms with Crippen LogP contribution in [0, 0.1) is 0 Å². The monoisotopic (exact) mass is 264 g/mol. The van der Waals surface area contributed by atoms with Gasteiger partial charge in [-0.2, -0.15) is 0 Å². The van der Waals surface area contributed by atoms with Crippen molar-refractivity contribution in [1.82, 2.24) is 10.2 Å². The van der Waals surface area contributed by atoms with Gasteiger partial charge in [-0.1, -0.05) is 6.07 Å². The highest BCUT2D eigenvalue weighted by Crippen LogP contribution is 2.34. The van der Waals surface area contributed by atoms with E-state index < -0.39 is 0 Å². The number of rotatable bonds is 4. The smallest absolute Gasteiger partial charge is 0.238 e. The highest BCUT2D eigenvalue weighted by Gasteiger charge is 2.20. The van der Waals surface area contributed by atoms with Crippen LogP contribution in [0.3, 0.4) is 0 Å². The normalized spacial score (nSPS) is 16.0. The van der Waals surface area contributed by atoms with Crippen LogP contribution in [0.4, 0.5) is 0 Å².